The van der Waals surface area contributed by atoms with E-state index in [1.807, 2.05) is 60.7 Å². The van der Waals surface area contributed by atoms with Crippen molar-refractivity contribution >= 4 is 17.3 Å². The second-order valence-electron chi connectivity index (χ2n) is 7.38. The molecule has 5 nitrogen and oxygen atoms in total. The van der Waals surface area contributed by atoms with E-state index < -0.39 is 0 Å². The molecule has 0 saturated carbocycles. The number of nitrogens with one attached hydrogen (secondary N) is 1. The molecule has 0 aliphatic carbocycles. The van der Waals surface area contributed by atoms with Crippen LogP contribution in [-0.2, 0) is 16.0 Å². The summed E-state index contributed by atoms with van der Waals surface area (Å²) in [5, 5.41) is 2.97. The maximum Gasteiger partial charge on any atom is 0.246 e. The van der Waals surface area contributed by atoms with Crippen LogP contribution in [0.2, 0.25) is 0 Å². The molecule has 0 spiro atoms. The third-order valence-corrected chi connectivity index (χ3v) is 5.20. The predicted octanol–water partition coefficient (Wildman–Crippen LogP) is 4.34. The fourth-order valence-corrected chi connectivity index (χ4v) is 3.64. The van der Waals surface area contributed by atoms with E-state index in [0.29, 0.717) is 24.5 Å². The van der Waals surface area contributed by atoms with Gasteiger partial charge in [0.25, 0.3) is 0 Å². The Balaban J connectivity index is 1.70. The number of benzodiazepines with no additional fused rings is 1. The van der Waals surface area contributed by atoms with Gasteiger partial charge in [0.1, 0.15) is 18.9 Å². The number of hydrogen-bond acceptors (Lipinski definition) is 4. The molecular weight excluding hydrogens is 400 g/mol. The molecule has 160 valence electrons. The number of amides is 1. The van der Waals surface area contributed by atoms with Gasteiger partial charge in [-0.1, -0.05) is 54.3 Å². The molecule has 1 aliphatic heterocycles. The standard InChI is InChI=1S/C27H24N2O3/c1-31-14-6-7-19-10-12-20(13-11-19)15-24-23-16-22(21-8-4-3-5-9-21)26(32-2)17-25(23)29-27(30)18-28-24/h3-5,8-13,16-17H,14-15,18H2,1-2H3,(H,29,30). The number of rotatable bonds is 5. The first-order valence-electron chi connectivity index (χ1n) is 10.4. The van der Waals surface area contributed by atoms with Crippen molar-refractivity contribution in [1.29, 1.82) is 0 Å². The first-order chi connectivity index (χ1) is 15.7. The molecule has 0 aromatic heterocycles. The maximum atomic E-state index is 12.3. The zero-order chi connectivity index (χ0) is 22.3. The van der Waals surface area contributed by atoms with Crippen molar-refractivity contribution in [2.75, 3.05) is 32.7 Å². The molecule has 5 heteroatoms. The lowest BCUT2D eigenvalue weighted by molar-refractivity contribution is -0.114. The maximum absolute atomic E-state index is 12.3. The minimum atomic E-state index is -0.139. The lowest BCUT2D eigenvalue weighted by atomic mass is 9.95. The molecule has 32 heavy (non-hydrogen) atoms. The van der Waals surface area contributed by atoms with Crippen molar-refractivity contribution < 1.29 is 14.3 Å². The van der Waals surface area contributed by atoms with Crippen LogP contribution in [0.15, 0.2) is 71.7 Å². The van der Waals surface area contributed by atoms with Crippen LogP contribution in [0, 0.1) is 11.8 Å². The number of fused-ring (bicyclic) bond motifs is 1. The highest BCUT2D eigenvalue weighted by molar-refractivity contribution is 6.12. The number of nitrogens with zero attached hydrogens (tertiary/aromatic N) is 1. The molecule has 0 unspecified atom stereocenters. The highest BCUT2D eigenvalue weighted by Gasteiger charge is 2.20. The molecule has 0 saturated heterocycles. The molecule has 3 aromatic carbocycles. The zero-order valence-electron chi connectivity index (χ0n) is 18.1. The predicted molar refractivity (Wildman–Crippen MR) is 127 cm³/mol. The molecule has 1 N–H and O–H groups in total. The average Bonchev–Trinajstić information content (AvgIpc) is 2.98. The van der Waals surface area contributed by atoms with Gasteiger partial charge in [-0.15, -0.1) is 0 Å². The zero-order valence-corrected chi connectivity index (χ0v) is 18.1. The number of hydrogen-bond donors (Lipinski definition) is 1. The number of ether oxygens (including phenoxy) is 2. The summed E-state index contributed by atoms with van der Waals surface area (Å²) in [6.07, 6.45) is 0.605. The first-order valence-corrected chi connectivity index (χ1v) is 10.4. The normalized spacial score (nSPS) is 12.6. The fourth-order valence-electron chi connectivity index (χ4n) is 3.64. The van der Waals surface area contributed by atoms with Crippen LogP contribution in [0.3, 0.4) is 0 Å². The summed E-state index contributed by atoms with van der Waals surface area (Å²) in [7, 11) is 3.26. The van der Waals surface area contributed by atoms with Crippen LogP contribution in [0.5, 0.6) is 5.75 Å². The third-order valence-electron chi connectivity index (χ3n) is 5.20. The van der Waals surface area contributed by atoms with Crippen LogP contribution < -0.4 is 10.1 Å². The van der Waals surface area contributed by atoms with Gasteiger partial charge in [-0.25, -0.2) is 0 Å². The number of anilines is 1. The van der Waals surface area contributed by atoms with Crippen LogP contribution in [0.1, 0.15) is 16.7 Å². The number of aliphatic imine (C=N–C) groups is 1. The number of carbonyl (C=O) groups is 1. The largest absolute Gasteiger partial charge is 0.496 e. The molecule has 4 rings (SSSR count). The molecule has 0 radical (unpaired) electrons. The molecule has 0 fully saturated rings. The molecule has 0 atom stereocenters. The Bertz CT molecular complexity index is 1200. The van der Waals surface area contributed by atoms with Gasteiger partial charge in [0, 0.05) is 42.0 Å². The molecule has 1 amide bonds. The fraction of sp³-hybridized carbons (Fsp3) is 0.185. The molecule has 0 bridgehead atoms. The minimum absolute atomic E-state index is 0.0908. The van der Waals surface area contributed by atoms with Crippen LogP contribution in [0.25, 0.3) is 11.1 Å². The topological polar surface area (TPSA) is 59.9 Å². The SMILES string of the molecule is COCC#Cc1ccc(CC2=NCC(=O)Nc3cc(OC)c(-c4ccccc4)cc32)cc1. The Morgan fingerprint density at radius 1 is 1.00 bits per heavy atom. The van der Waals surface area contributed by atoms with Crippen molar-refractivity contribution in [3.8, 4) is 28.7 Å². The van der Waals surface area contributed by atoms with Crippen LogP contribution >= 0.6 is 0 Å². The number of methoxy groups -OCH3 is 2. The van der Waals surface area contributed by atoms with Crippen LogP contribution in [-0.4, -0.2) is 39.0 Å². The Kier molecular flexibility index (Phi) is 6.64. The average molecular weight is 425 g/mol. The Labute approximate surface area is 188 Å². The summed E-state index contributed by atoms with van der Waals surface area (Å²) < 4.78 is 10.6. The van der Waals surface area contributed by atoms with Crippen molar-refractivity contribution in [2.24, 2.45) is 4.99 Å². The molecule has 3 aromatic rings. The molecule has 1 heterocycles. The van der Waals surface area contributed by atoms with E-state index in [-0.39, 0.29) is 12.5 Å². The van der Waals surface area contributed by atoms with Gasteiger partial charge in [-0.3, -0.25) is 9.79 Å². The van der Waals surface area contributed by atoms with Crippen molar-refractivity contribution in [1.82, 2.24) is 0 Å². The molecular formula is C27H24N2O3. The van der Waals surface area contributed by atoms with Gasteiger partial charge in [0.15, 0.2) is 0 Å². The quantitative estimate of drug-likeness (QED) is 0.620. The van der Waals surface area contributed by atoms with Gasteiger partial charge in [0.05, 0.1) is 12.8 Å². The van der Waals surface area contributed by atoms with Crippen molar-refractivity contribution in [3.63, 3.8) is 0 Å². The van der Waals surface area contributed by atoms with Gasteiger partial charge < -0.3 is 14.8 Å². The Hall–Kier alpha value is -3.88. The Morgan fingerprint density at radius 2 is 1.78 bits per heavy atom. The summed E-state index contributed by atoms with van der Waals surface area (Å²) in [5.74, 6) is 6.59. The summed E-state index contributed by atoms with van der Waals surface area (Å²) in [6, 6.07) is 22.1. The summed E-state index contributed by atoms with van der Waals surface area (Å²) in [6.45, 7) is 0.497. The molecule has 1 aliphatic rings. The first kappa shape index (κ1) is 21.4. The lowest BCUT2D eigenvalue weighted by Crippen LogP contribution is -2.13. The van der Waals surface area contributed by atoms with Crippen molar-refractivity contribution in [2.45, 2.75) is 6.42 Å². The highest BCUT2D eigenvalue weighted by Crippen LogP contribution is 2.36. The monoisotopic (exact) mass is 424 g/mol. The summed E-state index contributed by atoms with van der Waals surface area (Å²) in [5.41, 5.74) is 6.50. The van der Waals surface area contributed by atoms with Gasteiger partial charge in [-0.2, -0.15) is 0 Å². The third kappa shape index (κ3) is 4.88. The van der Waals surface area contributed by atoms with E-state index in [2.05, 4.69) is 28.2 Å². The second-order valence-corrected chi connectivity index (χ2v) is 7.38. The second kappa shape index (κ2) is 9.95. The van der Waals surface area contributed by atoms with E-state index in [9.17, 15) is 4.79 Å². The van der Waals surface area contributed by atoms with Crippen molar-refractivity contribution in [3.05, 3.63) is 83.4 Å². The summed E-state index contributed by atoms with van der Waals surface area (Å²) in [4.78, 5) is 16.9. The Morgan fingerprint density at radius 3 is 2.50 bits per heavy atom. The highest BCUT2D eigenvalue weighted by atomic mass is 16.5. The number of benzene rings is 3. The number of carbonyl (C=O) groups excluding carboxylic acids is 1. The van der Waals surface area contributed by atoms with E-state index in [1.165, 1.54) is 0 Å². The smallest absolute Gasteiger partial charge is 0.246 e. The van der Waals surface area contributed by atoms with Gasteiger partial charge >= 0.3 is 0 Å². The summed E-state index contributed by atoms with van der Waals surface area (Å²) >= 11 is 0. The van der Waals surface area contributed by atoms with E-state index >= 15 is 0 Å². The van der Waals surface area contributed by atoms with E-state index in [4.69, 9.17) is 9.47 Å². The van der Waals surface area contributed by atoms with Crippen LogP contribution in [0.4, 0.5) is 5.69 Å². The lowest BCUT2D eigenvalue weighted by Gasteiger charge is -2.16. The van der Waals surface area contributed by atoms with E-state index in [1.54, 1.807) is 14.2 Å². The van der Waals surface area contributed by atoms with E-state index in [0.717, 1.165) is 33.5 Å². The van der Waals surface area contributed by atoms with Gasteiger partial charge in [-0.05, 0) is 29.3 Å². The van der Waals surface area contributed by atoms with Gasteiger partial charge in [0.2, 0.25) is 5.91 Å². The minimum Gasteiger partial charge on any atom is -0.496 e.